The molecule has 4 nitrogen and oxygen atoms in total. The molecule has 0 saturated heterocycles. The summed E-state index contributed by atoms with van der Waals surface area (Å²) < 4.78 is 28.9. The van der Waals surface area contributed by atoms with E-state index in [4.69, 9.17) is 0 Å². The van der Waals surface area contributed by atoms with Gasteiger partial charge in [-0.3, -0.25) is 4.79 Å². The Labute approximate surface area is 178 Å². The zero-order valence-electron chi connectivity index (χ0n) is 16.5. The Bertz CT molecular complexity index is 919. The van der Waals surface area contributed by atoms with Crippen LogP contribution in [-0.4, -0.2) is 17.4 Å². The number of thiazole rings is 1. The van der Waals surface area contributed by atoms with Gasteiger partial charge in [-0.1, -0.05) is 0 Å². The number of carbonyl (C=O) groups is 1. The molecule has 30 heavy (non-hydrogen) atoms. The lowest BCUT2D eigenvalue weighted by atomic mass is 9.48. The lowest BCUT2D eigenvalue weighted by Gasteiger charge is -2.55. The average Bonchev–Trinajstić information content (AvgIpc) is 3.16. The SMILES string of the molecule is O=C(/C=C/Nc1nc(-c2ccc(OC(F)F)cc2)cs1)C12CC3CC(CC(C3)C1)C2. The van der Waals surface area contributed by atoms with Crippen LogP contribution in [0.1, 0.15) is 38.5 Å². The Hall–Kier alpha value is -2.28. The van der Waals surface area contributed by atoms with Crippen molar-refractivity contribution in [3.8, 4) is 17.0 Å². The van der Waals surface area contributed by atoms with E-state index in [0.29, 0.717) is 5.13 Å². The fourth-order valence-electron chi connectivity index (χ4n) is 6.06. The summed E-state index contributed by atoms with van der Waals surface area (Å²) in [5.41, 5.74) is 1.43. The second kappa shape index (κ2) is 7.76. The smallest absolute Gasteiger partial charge is 0.387 e. The van der Waals surface area contributed by atoms with Gasteiger partial charge in [-0.2, -0.15) is 8.78 Å². The lowest BCUT2D eigenvalue weighted by molar-refractivity contribution is -0.138. The van der Waals surface area contributed by atoms with E-state index < -0.39 is 6.61 Å². The minimum Gasteiger partial charge on any atom is -0.435 e. The summed E-state index contributed by atoms with van der Waals surface area (Å²) in [5, 5.41) is 5.69. The Morgan fingerprint density at radius 1 is 1.13 bits per heavy atom. The van der Waals surface area contributed by atoms with Crippen molar-refractivity contribution in [1.82, 2.24) is 4.98 Å². The summed E-state index contributed by atoms with van der Waals surface area (Å²) in [6.45, 7) is -2.83. The largest absolute Gasteiger partial charge is 0.435 e. The van der Waals surface area contributed by atoms with Crippen molar-refractivity contribution < 1.29 is 18.3 Å². The molecule has 0 atom stereocenters. The van der Waals surface area contributed by atoms with Crippen LogP contribution in [0.15, 0.2) is 41.9 Å². The highest BCUT2D eigenvalue weighted by molar-refractivity contribution is 7.14. The van der Waals surface area contributed by atoms with E-state index in [9.17, 15) is 13.6 Å². The molecular weight excluding hydrogens is 406 g/mol. The number of hydrogen-bond donors (Lipinski definition) is 1. The minimum atomic E-state index is -2.83. The van der Waals surface area contributed by atoms with Crippen LogP contribution in [0.2, 0.25) is 0 Å². The number of alkyl halides is 2. The first-order chi connectivity index (χ1) is 14.5. The molecule has 4 fully saturated rings. The van der Waals surface area contributed by atoms with E-state index in [-0.39, 0.29) is 16.9 Å². The average molecular weight is 431 g/mol. The highest BCUT2D eigenvalue weighted by Gasteiger charge is 2.53. The number of hydrogen-bond acceptors (Lipinski definition) is 5. The summed E-state index contributed by atoms with van der Waals surface area (Å²) in [7, 11) is 0. The Morgan fingerprint density at radius 2 is 1.77 bits per heavy atom. The fraction of sp³-hybridized carbons (Fsp3) is 0.478. The molecule has 6 rings (SSSR count). The number of allylic oxidation sites excluding steroid dienone is 1. The van der Waals surface area contributed by atoms with Crippen LogP contribution in [0.5, 0.6) is 5.75 Å². The molecule has 4 bridgehead atoms. The standard InChI is InChI=1S/C23H24F2N2O2S/c24-21(25)29-18-3-1-17(2-4-18)19-13-30-22(27-19)26-6-5-20(28)23-10-14-7-15(11-23)9-16(8-14)12-23/h1-6,13-16,21H,7-12H2,(H,26,27)/b6-5+. The Kier molecular flexibility index (Phi) is 5.09. The van der Waals surface area contributed by atoms with Crippen LogP contribution < -0.4 is 10.1 Å². The lowest BCUT2D eigenvalue weighted by Crippen LogP contribution is -2.49. The van der Waals surface area contributed by atoms with E-state index >= 15 is 0 Å². The van der Waals surface area contributed by atoms with Crippen molar-refractivity contribution in [2.45, 2.75) is 45.1 Å². The highest BCUT2D eigenvalue weighted by atomic mass is 32.1. The van der Waals surface area contributed by atoms with Gasteiger partial charge in [0.15, 0.2) is 10.9 Å². The van der Waals surface area contributed by atoms with E-state index in [1.165, 1.54) is 42.7 Å². The third-order valence-electron chi connectivity index (χ3n) is 6.88. The molecule has 4 aliphatic carbocycles. The first-order valence-corrected chi connectivity index (χ1v) is 11.4. The second-order valence-electron chi connectivity index (χ2n) is 8.98. The van der Waals surface area contributed by atoms with E-state index in [2.05, 4.69) is 15.0 Å². The van der Waals surface area contributed by atoms with Crippen LogP contribution in [0.25, 0.3) is 11.3 Å². The van der Waals surface area contributed by atoms with Gasteiger partial charge < -0.3 is 10.1 Å². The van der Waals surface area contributed by atoms with Gasteiger partial charge >= 0.3 is 6.61 Å². The van der Waals surface area contributed by atoms with Gasteiger partial charge in [0.2, 0.25) is 0 Å². The molecule has 1 aromatic heterocycles. The van der Waals surface area contributed by atoms with Crippen molar-refractivity contribution >= 4 is 22.3 Å². The molecular formula is C23H24F2N2O2S. The fourth-order valence-corrected chi connectivity index (χ4v) is 6.76. The van der Waals surface area contributed by atoms with Gasteiger partial charge in [-0.15, -0.1) is 11.3 Å². The number of nitrogens with zero attached hydrogens (tertiary/aromatic N) is 1. The molecule has 1 heterocycles. The zero-order chi connectivity index (χ0) is 20.7. The Balaban J connectivity index is 1.21. The molecule has 7 heteroatoms. The molecule has 1 N–H and O–H groups in total. The third-order valence-corrected chi connectivity index (χ3v) is 7.66. The van der Waals surface area contributed by atoms with Crippen molar-refractivity contribution in [2.24, 2.45) is 23.2 Å². The van der Waals surface area contributed by atoms with Gasteiger partial charge in [-0.25, -0.2) is 4.98 Å². The molecule has 0 aliphatic heterocycles. The molecule has 158 valence electrons. The minimum absolute atomic E-state index is 0.119. The number of carbonyl (C=O) groups excluding carboxylic acids is 1. The second-order valence-corrected chi connectivity index (χ2v) is 9.84. The van der Waals surface area contributed by atoms with Gasteiger partial charge in [0, 0.05) is 22.6 Å². The maximum Gasteiger partial charge on any atom is 0.387 e. The number of ketones is 1. The number of aromatic nitrogens is 1. The monoisotopic (exact) mass is 430 g/mol. The van der Waals surface area contributed by atoms with E-state index in [0.717, 1.165) is 48.3 Å². The first kappa shape index (κ1) is 19.7. The predicted octanol–water partition coefficient (Wildman–Crippen LogP) is 6.12. The third kappa shape index (κ3) is 3.87. The molecule has 4 saturated carbocycles. The summed E-state index contributed by atoms with van der Waals surface area (Å²) in [6, 6.07) is 6.39. The summed E-state index contributed by atoms with van der Waals surface area (Å²) in [6.07, 6.45) is 10.6. The number of nitrogens with one attached hydrogen (secondary N) is 1. The maximum absolute atomic E-state index is 13.0. The number of anilines is 1. The number of benzene rings is 1. The van der Waals surface area contributed by atoms with Gasteiger partial charge in [0.25, 0.3) is 0 Å². The van der Waals surface area contributed by atoms with Gasteiger partial charge in [-0.05, 0) is 86.6 Å². The summed E-state index contributed by atoms with van der Waals surface area (Å²) in [5.74, 6) is 2.63. The first-order valence-electron chi connectivity index (χ1n) is 10.5. The number of rotatable bonds is 7. The van der Waals surface area contributed by atoms with Crippen molar-refractivity contribution in [3.05, 3.63) is 41.9 Å². The van der Waals surface area contributed by atoms with Crippen LogP contribution in [0.3, 0.4) is 0 Å². The van der Waals surface area contributed by atoms with Crippen LogP contribution >= 0.6 is 11.3 Å². The van der Waals surface area contributed by atoms with Crippen LogP contribution in [-0.2, 0) is 4.79 Å². The number of halogens is 2. The zero-order valence-corrected chi connectivity index (χ0v) is 17.3. The topological polar surface area (TPSA) is 51.2 Å². The quantitative estimate of drug-likeness (QED) is 0.538. The Morgan fingerprint density at radius 3 is 2.37 bits per heavy atom. The maximum atomic E-state index is 13.0. The molecule has 0 unspecified atom stereocenters. The van der Waals surface area contributed by atoms with E-state index in [1.807, 2.05) is 5.38 Å². The van der Waals surface area contributed by atoms with Gasteiger partial charge in [0.05, 0.1) is 5.69 Å². The molecule has 4 aliphatic rings. The van der Waals surface area contributed by atoms with Crippen molar-refractivity contribution in [2.75, 3.05) is 5.32 Å². The highest BCUT2D eigenvalue weighted by Crippen LogP contribution is 2.60. The molecule has 0 radical (unpaired) electrons. The van der Waals surface area contributed by atoms with Gasteiger partial charge in [0.1, 0.15) is 5.75 Å². The normalized spacial score (nSPS) is 29.6. The predicted molar refractivity (Wildman–Crippen MR) is 113 cm³/mol. The summed E-state index contributed by atoms with van der Waals surface area (Å²) >= 11 is 1.43. The molecule has 2 aromatic rings. The molecule has 1 aromatic carbocycles. The van der Waals surface area contributed by atoms with Crippen LogP contribution in [0, 0.1) is 23.2 Å². The molecule has 0 spiro atoms. The number of ether oxygens (including phenoxy) is 1. The summed E-state index contributed by atoms with van der Waals surface area (Å²) in [4.78, 5) is 17.5. The van der Waals surface area contributed by atoms with Crippen LogP contribution in [0.4, 0.5) is 13.9 Å². The van der Waals surface area contributed by atoms with Crippen molar-refractivity contribution in [3.63, 3.8) is 0 Å². The van der Waals surface area contributed by atoms with E-state index in [1.54, 1.807) is 24.4 Å². The van der Waals surface area contributed by atoms with Crippen molar-refractivity contribution in [1.29, 1.82) is 0 Å². The molecule has 0 amide bonds.